The van der Waals surface area contributed by atoms with Crippen LogP contribution in [0.1, 0.15) is 49.9 Å². The van der Waals surface area contributed by atoms with Gasteiger partial charge in [0.25, 0.3) is 0 Å². The lowest BCUT2D eigenvalue weighted by Crippen LogP contribution is -2.18. The Hall–Kier alpha value is -6.12. The highest BCUT2D eigenvalue weighted by molar-refractivity contribution is 5.89. The van der Waals surface area contributed by atoms with Crippen molar-refractivity contribution >= 4 is 28.0 Å². The van der Waals surface area contributed by atoms with E-state index in [1.54, 1.807) is 0 Å². The summed E-state index contributed by atoms with van der Waals surface area (Å²) in [6, 6.07) is 60.6. The van der Waals surface area contributed by atoms with Gasteiger partial charge in [-0.3, -0.25) is 0 Å². The Morgan fingerprint density at radius 3 is 1.44 bits per heavy atom. The lowest BCUT2D eigenvalue weighted by molar-refractivity contribution is 0.660. The van der Waals surface area contributed by atoms with Gasteiger partial charge in [0.1, 0.15) is 0 Å². The zero-order chi connectivity index (χ0) is 35.2. The smallest absolute Gasteiger partial charge is 0.0528 e. The maximum Gasteiger partial charge on any atom is 0.0528 e. The molecule has 0 fully saturated rings. The zero-order valence-electron chi connectivity index (χ0n) is 30.1. The Balaban J connectivity index is 1.06. The average Bonchev–Trinajstić information content (AvgIpc) is 3.79. The van der Waals surface area contributed by atoms with Crippen LogP contribution in [0, 0.1) is 0 Å². The van der Waals surface area contributed by atoms with Crippen molar-refractivity contribution < 1.29 is 0 Å². The first-order chi connectivity index (χ1) is 25.3. The van der Waals surface area contributed by atoms with E-state index in [2.05, 4.69) is 207 Å². The summed E-state index contributed by atoms with van der Waals surface area (Å²) in [5, 5.41) is 1.25. The van der Waals surface area contributed by atoms with Gasteiger partial charge in [-0.2, -0.15) is 0 Å². The molecule has 0 saturated heterocycles. The van der Waals surface area contributed by atoms with Gasteiger partial charge in [0, 0.05) is 39.8 Å². The van der Waals surface area contributed by atoms with Gasteiger partial charge >= 0.3 is 0 Å². The molecule has 2 nitrogen and oxygen atoms in total. The number of hydrogen-bond acceptors (Lipinski definition) is 1. The van der Waals surface area contributed by atoms with Crippen LogP contribution in [0.5, 0.6) is 0 Å². The second-order valence-electron chi connectivity index (χ2n) is 15.5. The molecule has 10 rings (SSSR count). The van der Waals surface area contributed by atoms with Crippen LogP contribution < -0.4 is 4.90 Å². The highest BCUT2D eigenvalue weighted by atomic mass is 15.1. The standard InChI is InChI=1S/C50H40N2/c1-49(2)44-14-8-6-12-40(44)42-27-25-38(31-46(42)49)52(39-26-28-43-41-13-7-9-15-45(41)50(3,4)47(43)32-39)37-23-19-34(20-24-37)33-17-21-36(22-18-33)51-30-29-35-11-5-10-16-48(35)51/h5-32H,1-4H3. The van der Waals surface area contributed by atoms with Crippen molar-refractivity contribution in [2.45, 2.75) is 38.5 Å². The molecule has 8 aromatic rings. The minimum atomic E-state index is -0.0852. The number of para-hydroxylation sites is 1. The quantitative estimate of drug-likeness (QED) is 0.177. The molecule has 0 spiro atoms. The van der Waals surface area contributed by atoms with Gasteiger partial charge in [-0.25, -0.2) is 0 Å². The molecule has 2 aliphatic carbocycles. The number of aromatic nitrogens is 1. The summed E-state index contributed by atoms with van der Waals surface area (Å²) in [6.07, 6.45) is 2.15. The molecule has 52 heavy (non-hydrogen) atoms. The maximum atomic E-state index is 2.45. The van der Waals surface area contributed by atoms with Crippen LogP contribution in [0.2, 0.25) is 0 Å². The molecule has 0 N–H and O–H groups in total. The SMILES string of the molecule is CC1(C)c2ccccc2-c2ccc(N(c3ccc(-c4ccc(-n5ccc6ccccc65)cc4)cc3)c3ccc4c(c3)C(C)(C)c3ccccc3-4)cc21. The van der Waals surface area contributed by atoms with Crippen LogP contribution in [-0.4, -0.2) is 4.57 Å². The van der Waals surface area contributed by atoms with Crippen molar-refractivity contribution in [1.82, 2.24) is 4.57 Å². The molecule has 2 aliphatic rings. The Morgan fingerprint density at radius 2 is 0.865 bits per heavy atom. The van der Waals surface area contributed by atoms with Gasteiger partial charge in [-0.05, 0) is 122 Å². The lowest BCUT2D eigenvalue weighted by Gasteiger charge is -2.30. The highest BCUT2D eigenvalue weighted by Gasteiger charge is 2.37. The average molecular weight is 669 g/mol. The largest absolute Gasteiger partial charge is 0.317 e. The number of nitrogens with zero attached hydrogens (tertiary/aromatic N) is 2. The Bertz CT molecular complexity index is 2560. The van der Waals surface area contributed by atoms with Crippen LogP contribution in [0.4, 0.5) is 17.1 Å². The van der Waals surface area contributed by atoms with Gasteiger partial charge in [0.05, 0.1) is 5.52 Å². The fourth-order valence-electron chi connectivity index (χ4n) is 9.04. The first-order valence-corrected chi connectivity index (χ1v) is 18.3. The van der Waals surface area contributed by atoms with Gasteiger partial charge in [0.2, 0.25) is 0 Å². The molecule has 7 aromatic carbocycles. The van der Waals surface area contributed by atoms with Gasteiger partial charge in [-0.1, -0.05) is 131 Å². The first kappa shape index (κ1) is 30.7. The Labute approximate surface area is 306 Å². The molecule has 0 amide bonds. The minimum absolute atomic E-state index is 0.0852. The summed E-state index contributed by atoms with van der Waals surface area (Å²) >= 11 is 0. The van der Waals surface area contributed by atoms with Gasteiger partial charge in [0.15, 0.2) is 0 Å². The molecule has 0 aliphatic heterocycles. The van der Waals surface area contributed by atoms with Crippen LogP contribution in [0.25, 0.3) is 50.0 Å². The fourth-order valence-corrected chi connectivity index (χ4v) is 9.04. The Morgan fingerprint density at radius 1 is 0.404 bits per heavy atom. The second-order valence-corrected chi connectivity index (χ2v) is 15.5. The van der Waals surface area contributed by atoms with E-state index in [1.165, 1.54) is 77.9 Å². The normalized spacial score (nSPS) is 14.5. The van der Waals surface area contributed by atoms with E-state index in [1.807, 2.05) is 0 Å². The van der Waals surface area contributed by atoms with E-state index in [0.29, 0.717) is 0 Å². The monoisotopic (exact) mass is 668 g/mol. The predicted molar refractivity (Wildman–Crippen MR) is 219 cm³/mol. The molecular weight excluding hydrogens is 629 g/mol. The predicted octanol–water partition coefficient (Wildman–Crippen LogP) is 13.4. The third-order valence-electron chi connectivity index (χ3n) is 11.9. The highest BCUT2D eigenvalue weighted by Crippen LogP contribution is 2.53. The molecule has 1 aromatic heterocycles. The molecule has 0 unspecified atom stereocenters. The van der Waals surface area contributed by atoms with E-state index >= 15 is 0 Å². The zero-order valence-corrected chi connectivity index (χ0v) is 30.1. The Kier molecular flexibility index (Phi) is 6.60. The molecule has 0 bridgehead atoms. The van der Waals surface area contributed by atoms with E-state index in [9.17, 15) is 0 Å². The maximum absolute atomic E-state index is 2.45. The summed E-state index contributed by atoms with van der Waals surface area (Å²) in [6.45, 7) is 9.44. The van der Waals surface area contributed by atoms with Crippen molar-refractivity contribution in [2.75, 3.05) is 4.90 Å². The van der Waals surface area contributed by atoms with Crippen LogP contribution >= 0.6 is 0 Å². The molecule has 2 heteroatoms. The summed E-state index contributed by atoms with van der Waals surface area (Å²) in [5.74, 6) is 0. The van der Waals surface area contributed by atoms with Crippen molar-refractivity contribution in [3.05, 3.63) is 192 Å². The van der Waals surface area contributed by atoms with Crippen LogP contribution in [0.15, 0.2) is 170 Å². The van der Waals surface area contributed by atoms with Crippen LogP contribution in [-0.2, 0) is 10.8 Å². The third kappa shape index (κ3) is 4.50. The first-order valence-electron chi connectivity index (χ1n) is 18.3. The number of fused-ring (bicyclic) bond motifs is 7. The number of benzene rings is 7. The topological polar surface area (TPSA) is 8.17 Å². The van der Waals surface area contributed by atoms with Crippen molar-refractivity contribution in [3.8, 4) is 39.1 Å². The minimum Gasteiger partial charge on any atom is -0.317 e. The van der Waals surface area contributed by atoms with E-state index in [-0.39, 0.29) is 10.8 Å². The molecule has 1 heterocycles. The molecule has 0 atom stereocenters. The van der Waals surface area contributed by atoms with Gasteiger partial charge in [-0.15, -0.1) is 0 Å². The number of hydrogen-bond donors (Lipinski definition) is 0. The fraction of sp³-hybridized carbons (Fsp3) is 0.120. The summed E-state index contributed by atoms with van der Waals surface area (Å²) in [5.41, 5.74) is 19.0. The summed E-state index contributed by atoms with van der Waals surface area (Å²) < 4.78 is 2.26. The van der Waals surface area contributed by atoms with E-state index < -0.39 is 0 Å². The number of anilines is 3. The van der Waals surface area contributed by atoms with Crippen molar-refractivity contribution in [1.29, 1.82) is 0 Å². The third-order valence-corrected chi connectivity index (χ3v) is 11.9. The van der Waals surface area contributed by atoms with Gasteiger partial charge < -0.3 is 9.47 Å². The molecule has 0 radical (unpaired) electrons. The summed E-state index contributed by atoms with van der Waals surface area (Å²) in [7, 11) is 0. The summed E-state index contributed by atoms with van der Waals surface area (Å²) in [4.78, 5) is 2.45. The molecule has 0 saturated carbocycles. The number of rotatable bonds is 5. The van der Waals surface area contributed by atoms with Crippen molar-refractivity contribution in [2.24, 2.45) is 0 Å². The van der Waals surface area contributed by atoms with E-state index in [0.717, 1.165) is 11.4 Å². The lowest BCUT2D eigenvalue weighted by atomic mass is 9.82. The van der Waals surface area contributed by atoms with E-state index in [4.69, 9.17) is 0 Å². The molecule has 250 valence electrons. The van der Waals surface area contributed by atoms with Crippen molar-refractivity contribution in [3.63, 3.8) is 0 Å². The van der Waals surface area contributed by atoms with Crippen LogP contribution in [0.3, 0.4) is 0 Å². The molecular formula is C50H40N2. The second kappa shape index (κ2) is 11.2.